The van der Waals surface area contributed by atoms with Crippen LogP contribution >= 0.6 is 0 Å². The second kappa shape index (κ2) is 11.4. The van der Waals surface area contributed by atoms with E-state index in [0.717, 1.165) is 61.9 Å². The van der Waals surface area contributed by atoms with Crippen molar-refractivity contribution >= 4 is 10.0 Å². The Hall–Kier alpha value is -2.55. The molecular weight excluding hydrogens is 429 g/mol. The highest BCUT2D eigenvalue weighted by Crippen LogP contribution is 2.26. The van der Waals surface area contributed by atoms with Crippen LogP contribution in [0.2, 0.25) is 0 Å². The van der Waals surface area contributed by atoms with Crippen molar-refractivity contribution in [3.63, 3.8) is 0 Å². The van der Waals surface area contributed by atoms with Gasteiger partial charge in [-0.15, -0.1) is 0 Å². The molecule has 0 fully saturated rings. The van der Waals surface area contributed by atoms with Gasteiger partial charge in [-0.05, 0) is 73.9 Å². The van der Waals surface area contributed by atoms with Crippen LogP contribution in [-0.4, -0.2) is 29.9 Å². The summed E-state index contributed by atoms with van der Waals surface area (Å²) in [6, 6.07) is 14.5. The molecule has 8 heteroatoms. The third-order valence-electron chi connectivity index (χ3n) is 5.40. The highest BCUT2D eigenvalue weighted by Gasteiger charge is 2.14. The van der Waals surface area contributed by atoms with Gasteiger partial charge in [0.2, 0.25) is 10.0 Å². The largest absolute Gasteiger partial charge is 0.396 e. The first-order valence-electron chi connectivity index (χ1n) is 11.0. The van der Waals surface area contributed by atoms with Crippen molar-refractivity contribution in [1.29, 1.82) is 0 Å². The van der Waals surface area contributed by atoms with E-state index in [9.17, 15) is 12.8 Å². The summed E-state index contributed by atoms with van der Waals surface area (Å²) in [5.74, 6) is -0.309. The number of unbranched alkanes of at least 4 members (excludes halogenated alkanes) is 6. The lowest BCUT2D eigenvalue weighted by Crippen LogP contribution is -2.12. The second-order valence-corrected chi connectivity index (χ2v) is 9.49. The van der Waals surface area contributed by atoms with Crippen molar-refractivity contribution in [2.24, 2.45) is 5.14 Å². The van der Waals surface area contributed by atoms with E-state index in [1.165, 1.54) is 30.7 Å². The minimum absolute atomic E-state index is 0.0379. The lowest BCUT2D eigenvalue weighted by atomic mass is 10.1. The van der Waals surface area contributed by atoms with Gasteiger partial charge < -0.3 is 5.11 Å². The number of halogens is 1. The summed E-state index contributed by atoms with van der Waals surface area (Å²) in [5.41, 5.74) is 3.27. The summed E-state index contributed by atoms with van der Waals surface area (Å²) < 4.78 is 38.3. The summed E-state index contributed by atoms with van der Waals surface area (Å²) in [4.78, 5) is 0.0379. The fourth-order valence-corrected chi connectivity index (χ4v) is 4.17. The zero-order valence-corrected chi connectivity index (χ0v) is 18.9. The standard InChI is InChI=1S/C24H30FN3O3S/c25-20-11-9-19(10-12-20)24-18-21(8-6-4-2-1-3-5-7-17-29)27-28(24)22-13-15-23(16-14-22)32(26,30)31/h9-16,18,29H,1-8,17H2,(H2,26,30,31). The number of nitrogens with two attached hydrogens (primary N) is 1. The molecule has 1 aromatic heterocycles. The Morgan fingerprint density at radius 1 is 0.875 bits per heavy atom. The molecule has 3 N–H and O–H groups in total. The fraction of sp³-hybridized carbons (Fsp3) is 0.375. The van der Waals surface area contributed by atoms with Gasteiger partial charge in [-0.25, -0.2) is 22.6 Å². The number of primary sulfonamides is 1. The number of aliphatic hydroxyl groups excluding tert-OH is 1. The molecule has 0 atom stereocenters. The van der Waals surface area contributed by atoms with E-state index < -0.39 is 10.0 Å². The number of aromatic nitrogens is 2. The predicted molar refractivity (Wildman–Crippen MR) is 123 cm³/mol. The Morgan fingerprint density at radius 2 is 1.47 bits per heavy atom. The number of rotatable bonds is 12. The van der Waals surface area contributed by atoms with Gasteiger partial charge in [0.25, 0.3) is 0 Å². The number of hydrogen-bond acceptors (Lipinski definition) is 4. The van der Waals surface area contributed by atoms with Crippen LogP contribution in [-0.2, 0) is 16.4 Å². The predicted octanol–water partition coefficient (Wildman–Crippen LogP) is 4.59. The summed E-state index contributed by atoms with van der Waals surface area (Å²) in [7, 11) is -3.77. The third-order valence-corrected chi connectivity index (χ3v) is 6.33. The third kappa shape index (κ3) is 6.72. The van der Waals surface area contributed by atoms with Crippen LogP contribution in [0.1, 0.15) is 50.6 Å². The number of hydrogen-bond donors (Lipinski definition) is 2. The first-order valence-corrected chi connectivity index (χ1v) is 12.5. The fourth-order valence-electron chi connectivity index (χ4n) is 3.65. The molecule has 1 heterocycles. The van der Waals surface area contributed by atoms with Gasteiger partial charge >= 0.3 is 0 Å². The molecule has 172 valence electrons. The Labute approximate surface area is 188 Å². The maximum absolute atomic E-state index is 13.4. The molecule has 0 unspecified atom stereocenters. The molecule has 32 heavy (non-hydrogen) atoms. The van der Waals surface area contributed by atoms with E-state index in [2.05, 4.69) is 0 Å². The Balaban J connectivity index is 1.75. The highest BCUT2D eigenvalue weighted by molar-refractivity contribution is 7.89. The first-order chi connectivity index (χ1) is 15.4. The van der Waals surface area contributed by atoms with Crippen molar-refractivity contribution in [2.45, 2.75) is 56.3 Å². The molecule has 0 aliphatic heterocycles. The summed E-state index contributed by atoms with van der Waals surface area (Å²) in [6.07, 6.45) is 8.39. The second-order valence-electron chi connectivity index (χ2n) is 7.93. The molecule has 0 aliphatic carbocycles. The number of aliphatic hydroxyl groups is 1. The Morgan fingerprint density at radius 3 is 2.06 bits per heavy atom. The molecule has 2 aromatic carbocycles. The van der Waals surface area contributed by atoms with Crippen LogP contribution in [0.5, 0.6) is 0 Å². The van der Waals surface area contributed by atoms with Crippen LogP contribution in [0.4, 0.5) is 4.39 Å². The number of aryl methyl sites for hydroxylation is 1. The van der Waals surface area contributed by atoms with Crippen molar-refractivity contribution in [3.8, 4) is 16.9 Å². The number of sulfonamides is 1. The lowest BCUT2D eigenvalue weighted by molar-refractivity contribution is 0.282. The Bertz CT molecular complexity index is 1090. The van der Waals surface area contributed by atoms with Crippen LogP contribution in [0.25, 0.3) is 16.9 Å². The number of nitrogens with zero attached hydrogens (tertiary/aromatic N) is 2. The zero-order chi connectivity index (χ0) is 23.0. The zero-order valence-electron chi connectivity index (χ0n) is 18.1. The molecule has 0 amide bonds. The van der Waals surface area contributed by atoms with Gasteiger partial charge in [0.15, 0.2) is 0 Å². The van der Waals surface area contributed by atoms with E-state index in [0.29, 0.717) is 5.69 Å². The molecule has 0 radical (unpaired) electrons. The van der Waals surface area contributed by atoms with E-state index in [4.69, 9.17) is 15.3 Å². The summed E-state index contributed by atoms with van der Waals surface area (Å²) in [6.45, 7) is 0.268. The van der Waals surface area contributed by atoms with Crippen LogP contribution < -0.4 is 5.14 Å². The Kier molecular flexibility index (Phi) is 8.55. The van der Waals surface area contributed by atoms with E-state index in [1.807, 2.05) is 6.07 Å². The van der Waals surface area contributed by atoms with E-state index >= 15 is 0 Å². The molecule has 0 aliphatic rings. The van der Waals surface area contributed by atoms with Gasteiger partial charge in [0, 0.05) is 12.2 Å². The van der Waals surface area contributed by atoms with Gasteiger partial charge in [-0.2, -0.15) is 5.10 Å². The lowest BCUT2D eigenvalue weighted by Gasteiger charge is -2.08. The van der Waals surface area contributed by atoms with Gasteiger partial charge in [-0.1, -0.05) is 32.1 Å². The van der Waals surface area contributed by atoms with Crippen molar-refractivity contribution in [2.75, 3.05) is 6.61 Å². The van der Waals surface area contributed by atoms with Crippen molar-refractivity contribution in [1.82, 2.24) is 9.78 Å². The van der Waals surface area contributed by atoms with E-state index in [-0.39, 0.29) is 17.3 Å². The normalized spacial score (nSPS) is 11.7. The van der Waals surface area contributed by atoms with Gasteiger partial charge in [0.1, 0.15) is 5.82 Å². The molecule has 3 aromatic rings. The molecule has 0 saturated carbocycles. The SMILES string of the molecule is NS(=O)(=O)c1ccc(-n2nc(CCCCCCCCCO)cc2-c2ccc(F)cc2)cc1. The molecule has 0 bridgehead atoms. The van der Waals surface area contributed by atoms with Crippen molar-refractivity contribution < 1.29 is 17.9 Å². The quantitative estimate of drug-likeness (QED) is 0.387. The average molecular weight is 460 g/mol. The number of benzene rings is 2. The molecular formula is C24H30FN3O3S. The van der Waals surface area contributed by atoms with E-state index in [1.54, 1.807) is 28.9 Å². The smallest absolute Gasteiger partial charge is 0.238 e. The minimum atomic E-state index is -3.77. The van der Waals surface area contributed by atoms with Crippen LogP contribution in [0, 0.1) is 5.82 Å². The molecule has 0 spiro atoms. The minimum Gasteiger partial charge on any atom is -0.396 e. The average Bonchev–Trinajstić information content (AvgIpc) is 3.20. The molecule has 0 saturated heterocycles. The maximum Gasteiger partial charge on any atom is 0.238 e. The summed E-state index contributed by atoms with van der Waals surface area (Å²) in [5, 5.41) is 18.8. The maximum atomic E-state index is 13.4. The van der Waals surface area contributed by atoms with Gasteiger partial charge in [-0.3, -0.25) is 0 Å². The van der Waals surface area contributed by atoms with Crippen molar-refractivity contribution in [3.05, 3.63) is 66.1 Å². The first kappa shape index (κ1) is 24.1. The highest BCUT2D eigenvalue weighted by atomic mass is 32.2. The summed E-state index contributed by atoms with van der Waals surface area (Å²) >= 11 is 0. The molecule has 6 nitrogen and oxygen atoms in total. The van der Waals surface area contributed by atoms with Crippen LogP contribution in [0.3, 0.4) is 0 Å². The van der Waals surface area contributed by atoms with Gasteiger partial charge in [0.05, 0.1) is 22.0 Å². The topological polar surface area (TPSA) is 98.2 Å². The van der Waals surface area contributed by atoms with Crippen LogP contribution in [0.15, 0.2) is 59.5 Å². The monoisotopic (exact) mass is 459 g/mol. The molecule has 3 rings (SSSR count).